The molecule has 3 rings (SSSR count). The number of carbonyl (C=O) groups excluding carboxylic acids is 1. The second-order valence-electron chi connectivity index (χ2n) is 8.07. The molecule has 0 aliphatic rings. The third-order valence-electron chi connectivity index (χ3n) is 5.00. The lowest BCUT2D eigenvalue weighted by Gasteiger charge is -2.18. The number of benzene rings is 3. The minimum absolute atomic E-state index is 0.0208. The van der Waals surface area contributed by atoms with Crippen LogP contribution in [0.1, 0.15) is 17.5 Å². The number of anilines is 2. The van der Waals surface area contributed by atoms with Gasteiger partial charge in [-0.1, -0.05) is 12.1 Å². The number of nitrogens with two attached hydrogens (primary N) is 2. The molecule has 0 aromatic heterocycles. The Morgan fingerprint density at radius 3 is 2.10 bits per heavy atom. The molecular formula is C27H25F5N2O5. The summed E-state index contributed by atoms with van der Waals surface area (Å²) in [7, 11) is 0. The molecule has 3 aromatic carbocycles. The first kappa shape index (κ1) is 29.1. The van der Waals surface area contributed by atoms with Gasteiger partial charge in [0, 0.05) is 11.8 Å². The molecule has 39 heavy (non-hydrogen) atoms. The van der Waals surface area contributed by atoms with Crippen molar-refractivity contribution >= 4 is 23.4 Å². The van der Waals surface area contributed by atoms with E-state index in [1.54, 1.807) is 18.2 Å². The van der Waals surface area contributed by atoms with Gasteiger partial charge in [-0.2, -0.15) is 22.0 Å². The van der Waals surface area contributed by atoms with Gasteiger partial charge in [0.1, 0.15) is 30.5 Å². The van der Waals surface area contributed by atoms with Gasteiger partial charge in [0.2, 0.25) is 0 Å². The van der Waals surface area contributed by atoms with Crippen molar-refractivity contribution in [2.24, 2.45) is 0 Å². The predicted molar refractivity (Wildman–Crippen MR) is 134 cm³/mol. The zero-order valence-electron chi connectivity index (χ0n) is 20.4. The Balaban J connectivity index is 1.44. The maximum Gasteiger partial charge on any atom is 0.426 e. The van der Waals surface area contributed by atoms with Gasteiger partial charge in [0.05, 0.1) is 24.3 Å². The fourth-order valence-corrected chi connectivity index (χ4v) is 3.09. The first-order chi connectivity index (χ1) is 18.4. The number of hydrogen-bond acceptors (Lipinski definition) is 7. The summed E-state index contributed by atoms with van der Waals surface area (Å²) in [6, 6.07) is 14.5. The van der Waals surface area contributed by atoms with Gasteiger partial charge < -0.3 is 30.4 Å². The van der Waals surface area contributed by atoms with Crippen molar-refractivity contribution in [3.8, 4) is 17.2 Å². The maximum absolute atomic E-state index is 14.5. The fraction of sp³-hybridized carbons (Fsp3) is 0.222. The third kappa shape index (κ3) is 9.72. The van der Waals surface area contributed by atoms with E-state index in [-0.39, 0.29) is 24.7 Å². The van der Waals surface area contributed by atoms with Gasteiger partial charge in [-0.05, 0) is 66.2 Å². The van der Waals surface area contributed by atoms with E-state index in [0.29, 0.717) is 22.7 Å². The van der Waals surface area contributed by atoms with Crippen LogP contribution in [0.25, 0.3) is 6.08 Å². The largest absolute Gasteiger partial charge is 0.493 e. The molecule has 3 aromatic rings. The molecule has 0 amide bonds. The Hall–Kier alpha value is -4.48. The van der Waals surface area contributed by atoms with Crippen molar-refractivity contribution < 1.29 is 45.7 Å². The lowest BCUT2D eigenvalue weighted by Crippen LogP contribution is -2.21. The van der Waals surface area contributed by atoms with Crippen LogP contribution in [0.5, 0.6) is 17.2 Å². The minimum Gasteiger partial charge on any atom is -0.493 e. The average Bonchev–Trinajstić information content (AvgIpc) is 2.86. The van der Waals surface area contributed by atoms with Crippen LogP contribution in [-0.4, -0.2) is 32.0 Å². The Morgan fingerprint density at radius 2 is 1.46 bits per heavy atom. The van der Waals surface area contributed by atoms with Crippen LogP contribution in [0.15, 0.2) is 72.8 Å². The van der Waals surface area contributed by atoms with E-state index in [2.05, 4.69) is 0 Å². The standard InChI is InChI=1S/C27H25F5N2O5/c28-26(29,30)13-14-36-21-9-4-19(5-10-21)27(31,32)39-22-7-1-18(2-8-22)3-12-25(35)38-16-15-37-24-11-6-20(33)17-23(24)34/h1-12,17H,13-16,33-34H2/b12-3+. The molecule has 0 fully saturated rings. The third-order valence-corrected chi connectivity index (χ3v) is 5.00. The van der Waals surface area contributed by atoms with Gasteiger partial charge in [-0.25, -0.2) is 4.79 Å². The maximum atomic E-state index is 14.5. The molecule has 0 heterocycles. The number of halogens is 5. The smallest absolute Gasteiger partial charge is 0.426 e. The number of nitrogen functional groups attached to an aromatic ring is 2. The van der Waals surface area contributed by atoms with Crippen LogP contribution in [-0.2, 0) is 15.6 Å². The molecule has 0 radical (unpaired) electrons. The number of alkyl halides is 5. The minimum atomic E-state index is -4.38. The molecule has 0 unspecified atom stereocenters. The molecule has 12 heteroatoms. The van der Waals surface area contributed by atoms with Crippen molar-refractivity contribution in [3.63, 3.8) is 0 Å². The molecule has 0 saturated heterocycles. The zero-order valence-corrected chi connectivity index (χ0v) is 20.4. The van der Waals surface area contributed by atoms with Gasteiger partial charge in [-0.15, -0.1) is 0 Å². The van der Waals surface area contributed by atoms with E-state index in [9.17, 15) is 26.7 Å². The summed E-state index contributed by atoms with van der Waals surface area (Å²) in [4.78, 5) is 11.9. The normalized spacial score (nSPS) is 11.8. The van der Waals surface area contributed by atoms with E-state index in [0.717, 1.165) is 24.3 Å². The second-order valence-corrected chi connectivity index (χ2v) is 8.07. The summed E-state index contributed by atoms with van der Waals surface area (Å²) in [5.41, 5.74) is 12.2. The topological polar surface area (TPSA) is 106 Å². The molecule has 0 spiro atoms. The number of carbonyl (C=O) groups is 1. The first-order valence-electron chi connectivity index (χ1n) is 11.5. The molecule has 0 aliphatic heterocycles. The molecule has 0 aliphatic carbocycles. The first-order valence-corrected chi connectivity index (χ1v) is 11.5. The Kier molecular flexibility index (Phi) is 9.58. The van der Waals surface area contributed by atoms with E-state index in [1.165, 1.54) is 36.4 Å². The second kappa shape index (κ2) is 12.9. The highest BCUT2D eigenvalue weighted by molar-refractivity contribution is 5.87. The van der Waals surface area contributed by atoms with Crippen LogP contribution in [0.3, 0.4) is 0 Å². The van der Waals surface area contributed by atoms with Gasteiger partial charge in [-0.3, -0.25) is 0 Å². The summed E-state index contributed by atoms with van der Waals surface area (Å²) >= 11 is 0. The van der Waals surface area contributed by atoms with Gasteiger partial charge in [0.25, 0.3) is 0 Å². The van der Waals surface area contributed by atoms with E-state index in [4.69, 9.17) is 30.4 Å². The zero-order chi connectivity index (χ0) is 28.5. The summed E-state index contributed by atoms with van der Waals surface area (Å²) in [6.45, 7) is -0.583. The number of hydrogen-bond donors (Lipinski definition) is 2. The summed E-state index contributed by atoms with van der Waals surface area (Å²) in [5.74, 6) is -0.354. The lowest BCUT2D eigenvalue weighted by molar-refractivity contribution is -0.185. The number of rotatable bonds is 12. The molecule has 4 N–H and O–H groups in total. The summed E-state index contributed by atoms with van der Waals surface area (Å²) in [6.07, 6.45) is -6.65. The van der Waals surface area contributed by atoms with Crippen LogP contribution < -0.4 is 25.7 Å². The van der Waals surface area contributed by atoms with E-state index in [1.807, 2.05) is 0 Å². The molecule has 208 valence electrons. The van der Waals surface area contributed by atoms with Gasteiger partial charge >= 0.3 is 18.3 Å². The van der Waals surface area contributed by atoms with Crippen LogP contribution in [0.2, 0.25) is 0 Å². The summed E-state index contributed by atoms with van der Waals surface area (Å²) < 4.78 is 85.8. The molecule has 0 bridgehead atoms. The molecule has 7 nitrogen and oxygen atoms in total. The SMILES string of the molecule is Nc1ccc(OCCOC(=O)/C=C/c2ccc(OC(F)(F)c3ccc(OCCC(F)(F)F)cc3)cc2)c(N)c1. The monoisotopic (exact) mass is 552 g/mol. The van der Waals surface area contributed by atoms with Gasteiger partial charge in [0.15, 0.2) is 0 Å². The van der Waals surface area contributed by atoms with Crippen LogP contribution in [0.4, 0.5) is 33.3 Å². The lowest BCUT2D eigenvalue weighted by atomic mass is 10.2. The van der Waals surface area contributed by atoms with Crippen molar-refractivity contribution in [2.75, 3.05) is 31.3 Å². The van der Waals surface area contributed by atoms with Crippen LogP contribution in [0, 0.1) is 0 Å². The fourth-order valence-electron chi connectivity index (χ4n) is 3.09. The molecule has 0 saturated carbocycles. The average molecular weight is 552 g/mol. The summed E-state index contributed by atoms with van der Waals surface area (Å²) in [5, 5.41) is 0. The number of esters is 1. The van der Waals surface area contributed by atoms with Crippen molar-refractivity contribution in [2.45, 2.75) is 18.7 Å². The Labute approximate surface area is 220 Å². The highest BCUT2D eigenvalue weighted by Crippen LogP contribution is 2.33. The predicted octanol–water partition coefficient (Wildman–Crippen LogP) is 5.95. The highest BCUT2D eigenvalue weighted by atomic mass is 19.4. The van der Waals surface area contributed by atoms with Crippen molar-refractivity contribution in [1.29, 1.82) is 0 Å². The Bertz CT molecular complexity index is 1260. The van der Waals surface area contributed by atoms with E-state index < -0.39 is 36.8 Å². The molecular weight excluding hydrogens is 527 g/mol. The number of ether oxygens (including phenoxy) is 4. The van der Waals surface area contributed by atoms with E-state index >= 15 is 0 Å². The highest BCUT2D eigenvalue weighted by Gasteiger charge is 2.34. The van der Waals surface area contributed by atoms with Crippen LogP contribution >= 0.6 is 0 Å². The Morgan fingerprint density at radius 1 is 0.795 bits per heavy atom. The molecule has 0 atom stereocenters. The quantitative estimate of drug-likeness (QED) is 0.0941. The van der Waals surface area contributed by atoms with Crippen molar-refractivity contribution in [1.82, 2.24) is 0 Å². The van der Waals surface area contributed by atoms with Crippen molar-refractivity contribution in [3.05, 3.63) is 83.9 Å².